The van der Waals surface area contributed by atoms with E-state index in [0.717, 1.165) is 37.0 Å². The highest BCUT2D eigenvalue weighted by Crippen LogP contribution is 2.22. The van der Waals surface area contributed by atoms with Gasteiger partial charge in [0.2, 0.25) is 0 Å². The number of unbranched alkanes of at least 4 members (excludes halogenated alkanes) is 1. The highest BCUT2D eigenvalue weighted by atomic mass is 16.6. The lowest BCUT2D eigenvalue weighted by atomic mass is 9.93. The van der Waals surface area contributed by atoms with E-state index < -0.39 is 11.9 Å². The molecule has 0 amide bonds. The molecule has 0 unspecified atom stereocenters. The van der Waals surface area contributed by atoms with Gasteiger partial charge in [-0.25, -0.2) is 9.59 Å². The predicted octanol–water partition coefficient (Wildman–Crippen LogP) is 3.50. The van der Waals surface area contributed by atoms with Crippen LogP contribution in [-0.4, -0.2) is 50.1 Å². The Hall–Kier alpha value is -1.92. The van der Waals surface area contributed by atoms with Crippen LogP contribution in [0.2, 0.25) is 0 Å². The fourth-order valence-electron chi connectivity index (χ4n) is 2.67. The Labute approximate surface area is 155 Å². The summed E-state index contributed by atoms with van der Waals surface area (Å²) < 4.78 is 16.0. The molecule has 1 aromatic carbocycles. The summed E-state index contributed by atoms with van der Waals surface area (Å²) in [6, 6.07) is 3.24. The van der Waals surface area contributed by atoms with Gasteiger partial charge in [0.25, 0.3) is 0 Å². The van der Waals surface area contributed by atoms with Gasteiger partial charge in [0, 0.05) is 6.61 Å². The molecule has 0 bridgehead atoms. The summed E-state index contributed by atoms with van der Waals surface area (Å²) in [4.78, 5) is 23.9. The van der Waals surface area contributed by atoms with Crippen LogP contribution < -0.4 is 0 Å². The third-order valence-electron chi connectivity index (χ3n) is 4.05. The quantitative estimate of drug-likeness (QED) is 0.425. The topological polar surface area (TPSA) is 82.1 Å². The SMILES string of the molecule is CCCCOCCOCCOC(=O)c1c(C(=O)O)ccc(CC)c1CC. The van der Waals surface area contributed by atoms with Crippen LogP contribution in [0.5, 0.6) is 0 Å². The Kier molecular flexibility index (Phi) is 10.6. The molecule has 0 aliphatic heterocycles. The number of benzene rings is 1. The normalized spacial score (nSPS) is 10.7. The van der Waals surface area contributed by atoms with E-state index in [1.54, 1.807) is 6.07 Å². The second-order valence-corrected chi connectivity index (χ2v) is 5.85. The van der Waals surface area contributed by atoms with Crippen molar-refractivity contribution in [3.05, 3.63) is 34.4 Å². The van der Waals surface area contributed by atoms with Gasteiger partial charge in [-0.05, 0) is 36.5 Å². The third-order valence-corrected chi connectivity index (χ3v) is 4.05. The number of carbonyl (C=O) groups is 2. The minimum absolute atomic E-state index is 0.0192. The molecule has 0 heterocycles. The highest BCUT2D eigenvalue weighted by Gasteiger charge is 2.23. The number of carbonyl (C=O) groups excluding carboxylic acids is 1. The zero-order valence-electron chi connectivity index (χ0n) is 16.0. The number of carboxylic acids is 1. The second-order valence-electron chi connectivity index (χ2n) is 5.85. The summed E-state index contributed by atoms with van der Waals surface area (Å²) in [5.74, 6) is -1.74. The zero-order chi connectivity index (χ0) is 19.4. The molecule has 0 aromatic heterocycles. The summed E-state index contributed by atoms with van der Waals surface area (Å²) >= 11 is 0. The van der Waals surface area contributed by atoms with Gasteiger partial charge < -0.3 is 19.3 Å². The summed E-state index contributed by atoms with van der Waals surface area (Å²) in [5, 5.41) is 9.38. The van der Waals surface area contributed by atoms with Crippen molar-refractivity contribution < 1.29 is 28.9 Å². The fraction of sp³-hybridized carbons (Fsp3) is 0.600. The largest absolute Gasteiger partial charge is 0.478 e. The van der Waals surface area contributed by atoms with Crippen molar-refractivity contribution in [2.24, 2.45) is 0 Å². The average Bonchev–Trinajstić information content (AvgIpc) is 2.64. The summed E-state index contributed by atoms with van der Waals surface area (Å²) in [6.45, 7) is 7.97. The van der Waals surface area contributed by atoms with Gasteiger partial charge in [-0.3, -0.25) is 0 Å². The lowest BCUT2D eigenvalue weighted by Crippen LogP contribution is -2.18. The van der Waals surface area contributed by atoms with Gasteiger partial charge in [-0.15, -0.1) is 0 Å². The van der Waals surface area contributed by atoms with Crippen LogP contribution in [0.4, 0.5) is 0 Å². The molecule has 0 fully saturated rings. The maximum absolute atomic E-state index is 12.5. The van der Waals surface area contributed by atoms with E-state index in [0.29, 0.717) is 19.6 Å². The van der Waals surface area contributed by atoms with Crippen LogP contribution in [0.15, 0.2) is 12.1 Å². The minimum Gasteiger partial charge on any atom is -0.478 e. The van der Waals surface area contributed by atoms with Crippen molar-refractivity contribution in [1.29, 1.82) is 0 Å². The first-order chi connectivity index (χ1) is 12.6. The van der Waals surface area contributed by atoms with Crippen LogP contribution in [0.1, 0.15) is 65.5 Å². The van der Waals surface area contributed by atoms with Crippen LogP contribution in [0.25, 0.3) is 0 Å². The molecule has 6 nitrogen and oxygen atoms in total. The van der Waals surface area contributed by atoms with Crippen molar-refractivity contribution in [3.63, 3.8) is 0 Å². The molecule has 0 aliphatic carbocycles. The minimum atomic E-state index is -1.13. The molecular weight excluding hydrogens is 336 g/mol. The lowest BCUT2D eigenvalue weighted by Gasteiger charge is -2.15. The Morgan fingerprint density at radius 3 is 2.15 bits per heavy atom. The van der Waals surface area contributed by atoms with Crippen molar-refractivity contribution in [2.45, 2.75) is 46.5 Å². The molecule has 0 radical (unpaired) electrons. The Balaban J connectivity index is 2.57. The Morgan fingerprint density at radius 2 is 1.58 bits per heavy atom. The van der Waals surface area contributed by atoms with Gasteiger partial charge in [-0.1, -0.05) is 33.3 Å². The van der Waals surface area contributed by atoms with Crippen LogP contribution in [0.3, 0.4) is 0 Å². The fourth-order valence-corrected chi connectivity index (χ4v) is 2.67. The Morgan fingerprint density at radius 1 is 0.923 bits per heavy atom. The lowest BCUT2D eigenvalue weighted by molar-refractivity contribution is 0.0140. The maximum Gasteiger partial charge on any atom is 0.339 e. The van der Waals surface area contributed by atoms with Crippen molar-refractivity contribution in [1.82, 2.24) is 0 Å². The van der Waals surface area contributed by atoms with E-state index in [9.17, 15) is 14.7 Å². The van der Waals surface area contributed by atoms with Gasteiger partial charge in [0.05, 0.1) is 30.9 Å². The maximum atomic E-state index is 12.5. The van der Waals surface area contributed by atoms with Gasteiger partial charge in [0.15, 0.2) is 0 Å². The number of carboxylic acid groups (broad SMARTS) is 1. The van der Waals surface area contributed by atoms with Crippen LogP contribution >= 0.6 is 0 Å². The first-order valence-corrected chi connectivity index (χ1v) is 9.27. The Bertz CT molecular complexity index is 582. The molecule has 1 N–H and O–H groups in total. The molecule has 1 rings (SSSR count). The smallest absolute Gasteiger partial charge is 0.339 e. The van der Waals surface area contributed by atoms with E-state index in [2.05, 4.69) is 6.92 Å². The summed E-state index contributed by atoms with van der Waals surface area (Å²) in [7, 11) is 0. The molecule has 146 valence electrons. The number of hydrogen-bond acceptors (Lipinski definition) is 5. The summed E-state index contributed by atoms with van der Waals surface area (Å²) in [5.41, 5.74) is 1.84. The van der Waals surface area contributed by atoms with Crippen LogP contribution in [0, 0.1) is 0 Å². The molecule has 1 aromatic rings. The molecular formula is C20H30O6. The zero-order valence-corrected chi connectivity index (χ0v) is 16.0. The number of hydrogen-bond donors (Lipinski definition) is 1. The standard InChI is InChI=1S/C20H30O6/c1-4-7-10-24-11-12-25-13-14-26-20(23)18-16(6-3)15(5-2)8-9-17(18)19(21)22/h8-9H,4-7,10-14H2,1-3H3,(H,21,22). The van der Waals surface area contributed by atoms with Crippen molar-refractivity contribution >= 4 is 11.9 Å². The third kappa shape index (κ3) is 6.77. The van der Waals surface area contributed by atoms with E-state index in [1.807, 2.05) is 13.8 Å². The van der Waals surface area contributed by atoms with E-state index >= 15 is 0 Å². The molecule has 0 saturated carbocycles. The van der Waals surface area contributed by atoms with Gasteiger partial charge in [0.1, 0.15) is 6.61 Å². The second kappa shape index (κ2) is 12.4. The number of esters is 1. The number of ether oxygens (including phenoxy) is 3. The molecule has 0 spiro atoms. The summed E-state index contributed by atoms with van der Waals surface area (Å²) in [6.07, 6.45) is 3.42. The first-order valence-electron chi connectivity index (χ1n) is 9.27. The molecule has 0 aliphatic rings. The monoisotopic (exact) mass is 366 g/mol. The number of rotatable bonds is 13. The number of aryl methyl sites for hydroxylation is 1. The average molecular weight is 366 g/mol. The molecule has 6 heteroatoms. The predicted molar refractivity (Wildman–Crippen MR) is 99.0 cm³/mol. The first kappa shape index (κ1) is 22.1. The molecule has 0 atom stereocenters. The van der Waals surface area contributed by atoms with E-state index in [1.165, 1.54) is 6.07 Å². The van der Waals surface area contributed by atoms with Crippen molar-refractivity contribution in [3.8, 4) is 0 Å². The van der Waals surface area contributed by atoms with Gasteiger partial charge >= 0.3 is 11.9 Å². The van der Waals surface area contributed by atoms with E-state index in [-0.39, 0.29) is 24.3 Å². The highest BCUT2D eigenvalue weighted by molar-refractivity contribution is 6.03. The van der Waals surface area contributed by atoms with Crippen LogP contribution in [-0.2, 0) is 27.1 Å². The molecule has 0 saturated heterocycles. The molecule has 26 heavy (non-hydrogen) atoms. The number of aromatic carboxylic acids is 1. The van der Waals surface area contributed by atoms with Crippen molar-refractivity contribution in [2.75, 3.05) is 33.0 Å². The van der Waals surface area contributed by atoms with E-state index in [4.69, 9.17) is 14.2 Å². The van der Waals surface area contributed by atoms with Gasteiger partial charge in [-0.2, -0.15) is 0 Å².